The number of amides is 1. The first-order valence-corrected chi connectivity index (χ1v) is 13.3. The minimum atomic E-state index is -3.59. The van der Waals surface area contributed by atoms with Gasteiger partial charge in [-0.1, -0.05) is 11.3 Å². The summed E-state index contributed by atoms with van der Waals surface area (Å²) in [5.74, 6) is -0.930. The zero-order valence-corrected chi connectivity index (χ0v) is 21.2. The van der Waals surface area contributed by atoms with Gasteiger partial charge in [-0.3, -0.25) is 9.59 Å². The van der Waals surface area contributed by atoms with Crippen LogP contribution in [0.5, 0.6) is 0 Å². The third kappa shape index (κ3) is 4.84. The molecule has 0 aliphatic heterocycles. The molecule has 1 aliphatic rings. The zero-order valence-electron chi connectivity index (χ0n) is 19.6. The molecule has 1 fully saturated rings. The van der Waals surface area contributed by atoms with Crippen molar-refractivity contribution < 1.29 is 22.7 Å². The molecule has 3 aromatic rings. The molecule has 1 heterocycles. The Morgan fingerprint density at radius 3 is 2.41 bits per heavy atom. The number of aryl methyl sites for hydroxylation is 2. The van der Waals surface area contributed by atoms with E-state index in [1.807, 2.05) is 26.0 Å². The number of benzene rings is 2. The van der Waals surface area contributed by atoms with Crippen LogP contribution in [0.4, 0.5) is 0 Å². The van der Waals surface area contributed by atoms with Crippen LogP contribution in [0, 0.1) is 13.8 Å². The number of aromatic nitrogens is 1. The molecule has 0 saturated heterocycles. The fourth-order valence-corrected chi connectivity index (χ4v) is 6.14. The van der Waals surface area contributed by atoms with Gasteiger partial charge in [-0.2, -0.15) is 9.30 Å². The fourth-order valence-electron chi connectivity index (χ4n) is 3.62. The third-order valence-corrected chi connectivity index (χ3v) is 8.89. The Morgan fingerprint density at radius 1 is 1.15 bits per heavy atom. The molecule has 2 aromatic carbocycles. The summed E-state index contributed by atoms with van der Waals surface area (Å²) in [6.45, 7) is 5.92. The van der Waals surface area contributed by atoms with E-state index < -0.39 is 21.9 Å². The molecular weight excluding hydrogens is 474 g/mol. The standard InChI is InChI=1S/C24H27N3O5S2/c1-5-32-22(28)14-27-20-12-15(2)16(3)13-21(20)33-24(27)25-23(29)17-6-10-19(11-7-17)34(30,31)26(4)18-8-9-18/h6-7,10-13,18H,5,8-9,14H2,1-4H3. The molecule has 1 aliphatic carbocycles. The lowest BCUT2D eigenvalue weighted by molar-refractivity contribution is -0.143. The number of fused-ring (bicyclic) bond motifs is 1. The molecule has 8 nitrogen and oxygen atoms in total. The van der Waals surface area contributed by atoms with Gasteiger partial charge in [-0.25, -0.2) is 8.42 Å². The Labute approximate surface area is 202 Å². The van der Waals surface area contributed by atoms with Crippen molar-refractivity contribution in [2.45, 2.75) is 51.1 Å². The lowest BCUT2D eigenvalue weighted by Gasteiger charge is -2.16. The summed E-state index contributed by atoms with van der Waals surface area (Å²) >= 11 is 1.32. The number of thiazole rings is 1. The summed E-state index contributed by atoms with van der Waals surface area (Å²) in [7, 11) is -2.01. The molecule has 0 atom stereocenters. The number of sulfonamides is 1. The summed E-state index contributed by atoms with van der Waals surface area (Å²) in [5, 5.41) is 0. The highest BCUT2D eigenvalue weighted by atomic mass is 32.2. The predicted octanol–water partition coefficient (Wildman–Crippen LogP) is 3.41. The van der Waals surface area contributed by atoms with E-state index in [1.165, 1.54) is 39.9 Å². The Morgan fingerprint density at radius 2 is 1.79 bits per heavy atom. The summed E-state index contributed by atoms with van der Waals surface area (Å²) in [5.41, 5.74) is 3.23. The van der Waals surface area contributed by atoms with Crippen molar-refractivity contribution in [3.8, 4) is 0 Å². The van der Waals surface area contributed by atoms with Crippen LogP contribution in [0.1, 0.15) is 41.3 Å². The maximum Gasteiger partial charge on any atom is 0.326 e. The Balaban J connectivity index is 1.70. The van der Waals surface area contributed by atoms with E-state index in [4.69, 9.17) is 4.74 Å². The van der Waals surface area contributed by atoms with Gasteiger partial charge in [0.15, 0.2) is 4.80 Å². The topological polar surface area (TPSA) is 98.0 Å². The van der Waals surface area contributed by atoms with Gasteiger partial charge in [0.05, 0.1) is 21.7 Å². The number of carbonyl (C=O) groups excluding carboxylic acids is 2. The van der Waals surface area contributed by atoms with E-state index in [2.05, 4.69) is 4.99 Å². The molecule has 0 spiro atoms. The van der Waals surface area contributed by atoms with Crippen LogP contribution in [-0.4, -0.2) is 48.9 Å². The smallest absolute Gasteiger partial charge is 0.326 e. The van der Waals surface area contributed by atoms with Crippen LogP contribution in [0.25, 0.3) is 10.2 Å². The van der Waals surface area contributed by atoms with E-state index >= 15 is 0 Å². The van der Waals surface area contributed by atoms with Crippen molar-refractivity contribution in [2.75, 3.05) is 13.7 Å². The van der Waals surface area contributed by atoms with Crippen molar-refractivity contribution >= 4 is 43.5 Å². The van der Waals surface area contributed by atoms with Crippen LogP contribution < -0.4 is 4.80 Å². The largest absolute Gasteiger partial charge is 0.465 e. The number of rotatable bonds is 7. The van der Waals surface area contributed by atoms with Crippen molar-refractivity contribution in [1.29, 1.82) is 0 Å². The van der Waals surface area contributed by atoms with E-state index in [-0.39, 0.29) is 29.7 Å². The number of hydrogen-bond donors (Lipinski definition) is 0. The first-order valence-electron chi connectivity index (χ1n) is 11.0. The van der Waals surface area contributed by atoms with Crippen LogP contribution in [0.3, 0.4) is 0 Å². The first kappa shape index (κ1) is 24.3. The highest BCUT2D eigenvalue weighted by Crippen LogP contribution is 2.30. The molecule has 34 heavy (non-hydrogen) atoms. The normalized spacial score (nSPS) is 14.7. The molecule has 1 aromatic heterocycles. The minimum absolute atomic E-state index is 0.0522. The predicted molar refractivity (Wildman–Crippen MR) is 130 cm³/mol. The van der Waals surface area contributed by atoms with Gasteiger partial charge in [0.1, 0.15) is 6.54 Å². The van der Waals surface area contributed by atoms with E-state index in [9.17, 15) is 18.0 Å². The average molecular weight is 502 g/mol. The highest BCUT2D eigenvalue weighted by Gasteiger charge is 2.35. The number of carbonyl (C=O) groups is 2. The van der Waals surface area contributed by atoms with Crippen molar-refractivity contribution in [3.05, 3.63) is 57.9 Å². The molecule has 0 unspecified atom stereocenters. The number of nitrogens with zero attached hydrogens (tertiary/aromatic N) is 3. The molecule has 0 bridgehead atoms. The Bertz CT molecular complexity index is 1430. The molecule has 0 radical (unpaired) electrons. The summed E-state index contributed by atoms with van der Waals surface area (Å²) in [6, 6.07) is 9.84. The summed E-state index contributed by atoms with van der Waals surface area (Å²) in [4.78, 5) is 30.0. The number of esters is 1. The van der Waals surface area contributed by atoms with Crippen molar-refractivity contribution in [1.82, 2.24) is 8.87 Å². The fraction of sp³-hybridized carbons (Fsp3) is 0.375. The molecule has 10 heteroatoms. The summed E-state index contributed by atoms with van der Waals surface area (Å²) < 4.78 is 34.5. The van der Waals surface area contributed by atoms with Crippen LogP contribution >= 0.6 is 11.3 Å². The second-order valence-corrected chi connectivity index (χ2v) is 11.4. The third-order valence-electron chi connectivity index (χ3n) is 5.93. The van der Waals surface area contributed by atoms with Crippen molar-refractivity contribution in [2.24, 2.45) is 4.99 Å². The molecule has 180 valence electrons. The Hall–Kier alpha value is -2.82. The quantitative estimate of drug-likeness (QED) is 0.462. The van der Waals surface area contributed by atoms with Crippen molar-refractivity contribution in [3.63, 3.8) is 0 Å². The lowest BCUT2D eigenvalue weighted by Crippen LogP contribution is -2.28. The van der Waals surface area contributed by atoms with Gasteiger partial charge < -0.3 is 9.30 Å². The molecular formula is C24H27N3O5S2. The Kier molecular flexibility index (Phi) is 6.75. The highest BCUT2D eigenvalue weighted by molar-refractivity contribution is 7.89. The molecule has 4 rings (SSSR count). The van der Waals surface area contributed by atoms with Gasteiger partial charge in [0.25, 0.3) is 5.91 Å². The zero-order chi connectivity index (χ0) is 24.6. The van der Waals surface area contributed by atoms with Gasteiger partial charge in [0.2, 0.25) is 10.0 Å². The first-order chi connectivity index (χ1) is 16.1. The monoisotopic (exact) mass is 501 g/mol. The molecule has 1 saturated carbocycles. The second kappa shape index (κ2) is 9.44. The van der Waals surface area contributed by atoms with Gasteiger partial charge in [-0.15, -0.1) is 0 Å². The van der Waals surface area contributed by atoms with Crippen LogP contribution in [-0.2, 0) is 26.1 Å². The maximum absolute atomic E-state index is 13.0. The van der Waals surface area contributed by atoms with Crippen LogP contribution in [0.2, 0.25) is 0 Å². The van der Waals surface area contributed by atoms with Gasteiger partial charge in [-0.05, 0) is 81.1 Å². The van der Waals surface area contributed by atoms with E-state index in [1.54, 1.807) is 18.5 Å². The molecule has 0 N–H and O–H groups in total. The second-order valence-electron chi connectivity index (χ2n) is 8.37. The van der Waals surface area contributed by atoms with Gasteiger partial charge in [0, 0.05) is 18.7 Å². The SMILES string of the molecule is CCOC(=O)Cn1c(=NC(=O)c2ccc(S(=O)(=O)N(C)C3CC3)cc2)sc2cc(C)c(C)cc21. The lowest BCUT2D eigenvalue weighted by atomic mass is 10.1. The maximum atomic E-state index is 13.0. The number of ether oxygens (including phenoxy) is 1. The minimum Gasteiger partial charge on any atom is -0.465 e. The average Bonchev–Trinajstić information content (AvgIpc) is 3.60. The molecule has 1 amide bonds. The van der Waals surface area contributed by atoms with Gasteiger partial charge >= 0.3 is 5.97 Å². The number of hydrogen-bond acceptors (Lipinski definition) is 6. The van der Waals surface area contributed by atoms with E-state index in [0.29, 0.717) is 4.80 Å². The van der Waals surface area contributed by atoms with Crippen LogP contribution in [0.15, 0.2) is 46.3 Å². The van der Waals surface area contributed by atoms with E-state index in [0.717, 1.165) is 34.2 Å². The summed E-state index contributed by atoms with van der Waals surface area (Å²) in [6.07, 6.45) is 1.73.